The minimum Gasteiger partial charge on any atom is -0.460 e. The molecular weight excluding hydrogens is 276 g/mol. The van der Waals surface area contributed by atoms with Crippen molar-refractivity contribution in [2.24, 2.45) is 5.92 Å². The van der Waals surface area contributed by atoms with E-state index in [2.05, 4.69) is 27.3 Å². The lowest BCUT2D eigenvalue weighted by atomic mass is 9.98. The molecule has 22 heavy (non-hydrogen) atoms. The fourth-order valence-electron chi connectivity index (χ4n) is 3.24. The van der Waals surface area contributed by atoms with Crippen LogP contribution in [0, 0.1) is 12.8 Å². The summed E-state index contributed by atoms with van der Waals surface area (Å²) in [5, 5.41) is 10.8. The lowest BCUT2D eigenvalue weighted by Crippen LogP contribution is -2.39. The van der Waals surface area contributed by atoms with Crippen LogP contribution in [0.15, 0.2) is 22.7 Å². The third-order valence-corrected chi connectivity index (χ3v) is 4.50. The molecule has 3 heterocycles. The van der Waals surface area contributed by atoms with E-state index in [0.717, 1.165) is 41.8 Å². The molecule has 0 radical (unpaired) electrons. The highest BCUT2D eigenvalue weighted by Crippen LogP contribution is 2.23. The second-order valence-corrected chi connectivity index (χ2v) is 6.21. The van der Waals surface area contributed by atoms with Crippen molar-refractivity contribution in [2.75, 3.05) is 26.2 Å². The molecule has 5 nitrogen and oxygen atoms in total. The van der Waals surface area contributed by atoms with E-state index < -0.39 is 0 Å². The van der Waals surface area contributed by atoms with Crippen LogP contribution >= 0.6 is 0 Å². The van der Waals surface area contributed by atoms with Gasteiger partial charge in [0.1, 0.15) is 11.5 Å². The second kappa shape index (κ2) is 7.11. The van der Waals surface area contributed by atoms with Crippen molar-refractivity contribution in [3.8, 4) is 11.5 Å². The largest absolute Gasteiger partial charge is 0.460 e. The highest BCUT2D eigenvalue weighted by Gasteiger charge is 2.18. The second-order valence-electron chi connectivity index (χ2n) is 6.21. The molecule has 0 aromatic carbocycles. The summed E-state index contributed by atoms with van der Waals surface area (Å²) in [6.45, 7) is 9.75. The number of rotatable bonds is 6. The van der Waals surface area contributed by atoms with E-state index in [-0.39, 0.29) is 0 Å². The molecular formula is C17H26N4O. The highest BCUT2D eigenvalue weighted by molar-refractivity contribution is 5.56. The maximum atomic E-state index is 5.69. The van der Waals surface area contributed by atoms with Gasteiger partial charge >= 0.3 is 0 Å². The molecule has 2 aromatic rings. The molecule has 0 unspecified atom stereocenters. The summed E-state index contributed by atoms with van der Waals surface area (Å²) in [6.07, 6.45) is 4.54. The van der Waals surface area contributed by atoms with E-state index in [9.17, 15) is 0 Å². The Morgan fingerprint density at radius 3 is 3.14 bits per heavy atom. The summed E-state index contributed by atoms with van der Waals surface area (Å²) in [7, 11) is 0. The molecule has 1 fully saturated rings. The number of aryl methyl sites for hydroxylation is 1. The minimum absolute atomic E-state index is 0.759. The van der Waals surface area contributed by atoms with Gasteiger partial charge in [-0.3, -0.25) is 5.10 Å². The minimum atomic E-state index is 0.759. The lowest BCUT2D eigenvalue weighted by molar-refractivity contribution is 0.180. The Bertz CT molecular complexity index is 589. The van der Waals surface area contributed by atoms with Crippen LogP contribution in [-0.4, -0.2) is 41.3 Å². The third kappa shape index (κ3) is 3.59. The van der Waals surface area contributed by atoms with Crippen LogP contribution in [0.25, 0.3) is 11.5 Å². The number of H-pyrrole nitrogens is 1. The van der Waals surface area contributed by atoms with Gasteiger partial charge in [-0.1, -0.05) is 6.92 Å². The third-order valence-electron chi connectivity index (χ3n) is 4.50. The van der Waals surface area contributed by atoms with Gasteiger partial charge in [-0.25, -0.2) is 0 Å². The van der Waals surface area contributed by atoms with E-state index in [0.29, 0.717) is 0 Å². The van der Waals surface area contributed by atoms with E-state index in [1.807, 2.05) is 25.3 Å². The standard InChI is InChI=1S/C17H26N4O/c1-3-21-8-4-5-14(12-21)9-18-10-15-11-19-20-17(15)16-7-6-13(2)22-16/h6-7,11,14,18H,3-5,8-10,12H2,1-2H3,(H,19,20)/t14-/m1/s1. The van der Waals surface area contributed by atoms with E-state index >= 15 is 0 Å². The van der Waals surface area contributed by atoms with Gasteiger partial charge in [-0.05, 0) is 57.5 Å². The SMILES string of the molecule is CCN1CCC[C@H](CNCc2cn[nH]c2-c2ccc(C)o2)C1. The average Bonchev–Trinajstić information content (AvgIpc) is 3.16. The smallest absolute Gasteiger partial charge is 0.152 e. The summed E-state index contributed by atoms with van der Waals surface area (Å²) in [6, 6.07) is 3.97. The lowest BCUT2D eigenvalue weighted by Gasteiger charge is -2.31. The van der Waals surface area contributed by atoms with E-state index in [4.69, 9.17) is 4.42 Å². The average molecular weight is 302 g/mol. The van der Waals surface area contributed by atoms with Crippen molar-refractivity contribution in [2.45, 2.75) is 33.2 Å². The molecule has 0 saturated carbocycles. The Morgan fingerprint density at radius 1 is 1.45 bits per heavy atom. The number of aromatic nitrogens is 2. The van der Waals surface area contributed by atoms with Crippen molar-refractivity contribution in [1.82, 2.24) is 20.4 Å². The summed E-state index contributed by atoms with van der Waals surface area (Å²) in [5.74, 6) is 2.54. The van der Waals surface area contributed by atoms with Gasteiger partial charge in [0.15, 0.2) is 5.76 Å². The van der Waals surface area contributed by atoms with Crippen LogP contribution in [0.3, 0.4) is 0 Å². The number of furan rings is 1. The fourth-order valence-corrected chi connectivity index (χ4v) is 3.24. The number of aromatic amines is 1. The van der Waals surface area contributed by atoms with Crippen LogP contribution in [0.2, 0.25) is 0 Å². The molecule has 2 aromatic heterocycles. The predicted molar refractivity (Wildman–Crippen MR) is 87.6 cm³/mol. The molecule has 1 saturated heterocycles. The number of hydrogen-bond acceptors (Lipinski definition) is 4. The Hall–Kier alpha value is -1.59. The molecule has 1 aliphatic heterocycles. The van der Waals surface area contributed by atoms with Gasteiger partial charge in [0.05, 0.1) is 6.20 Å². The predicted octanol–water partition coefficient (Wildman–Crippen LogP) is 2.80. The van der Waals surface area contributed by atoms with Gasteiger partial charge in [0, 0.05) is 18.7 Å². The first kappa shape index (κ1) is 15.3. The summed E-state index contributed by atoms with van der Waals surface area (Å²) < 4.78 is 5.69. The van der Waals surface area contributed by atoms with Crippen molar-refractivity contribution in [3.63, 3.8) is 0 Å². The fraction of sp³-hybridized carbons (Fsp3) is 0.588. The zero-order chi connectivity index (χ0) is 15.4. The monoisotopic (exact) mass is 302 g/mol. The number of nitrogens with one attached hydrogen (secondary N) is 2. The Balaban J connectivity index is 1.53. The molecule has 120 valence electrons. The van der Waals surface area contributed by atoms with Crippen LogP contribution in [0.4, 0.5) is 0 Å². The number of likely N-dealkylation sites (tertiary alicyclic amines) is 1. The molecule has 3 rings (SSSR count). The first-order chi connectivity index (χ1) is 10.8. The Labute approximate surface area is 132 Å². The molecule has 0 spiro atoms. The molecule has 1 aliphatic rings. The van der Waals surface area contributed by atoms with Gasteiger partial charge < -0.3 is 14.6 Å². The van der Waals surface area contributed by atoms with Crippen molar-refractivity contribution >= 4 is 0 Å². The normalized spacial score (nSPS) is 19.6. The van der Waals surface area contributed by atoms with Crippen molar-refractivity contribution in [3.05, 3.63) is 29.7 Å². The van der Waals surface area contributed by atoms with E-state index in [1.54, 1.807) is 0 Å². The van der Waals surface area contributed by atoms with E-state index in [1.165, 1.54) is 32.5 Å². The zero-order valence-electron chi connectivity index (χ0n) is 13.6. The Kier molecular flexibility index (Phi) is 4.95. The number of piperidine rings is 1. The van der Waals surface area contributed by atoms with Gasteiger partial charge in [-0.2, -0.15) is 5.10 Å². The first-order valence-electron chi connectivity index (χ1n) is 8.28. The topological polar surface area (TPSA) is 57.1 Å². The number of nitrogens with zero attached hydrogens (tertiary/aromatic N) is 2. The van der Waals surface area contributed by atoms with Gasteiger partial charge in [0.2, 0.25) is 0 Å². The van der Waals surface area contributed by atoms with Crippen LogP contribution in [0.5, 0.6) is 0 Å². The van der Waals surface area contributed by atoms with Crippen molar-refractivity contribution in [1.29, 1.82) is 0 Å². The van der Waals surface area contributed by atoms with Gasteiger partial charge in [-0.15, -0.1) is 0 Å². The Morgan fingerprint density at radius 2 is 2.36 bits per heavy atom. The molecule has 2 N–H and O–H groups in total. The molecule has 1 atom stereocenters. The quantitative estimate of drug-likeness (QED) is 0.861. The van der Waals surface area contributed by atoms with Crippen LogP contribution in [-0.2, 0) is 6.54 Å². The molecule has 0 amide bonds. The number of hydrogen-bond donors (Lipinski definition) is 2. The molecule has 5 heteroatoms. The van der Waals surface area contributed by atoms with Crippen molar-refractivity contribution < 1.29 is 4.42 Å². The molecule has 0 aliphatic carbocycles. The maximum Gasteiger partial charge on any atom is 0.152 e. The summed E-state index contributed by atoms with van der Waals surface area (Å²) in [5.41, 5.74) is 2.15. The van der Waals surface area contributed by atoms with Crippen LogP contribution < -0.4 is 5.32 Å². The molecule has 0 bridgehead atoms. The first-order valence-corrected chi connectivity index (χ1v) is 8.28. The summed E-state index contributed by atoms with van der Waals surface area (Å²) in [4.78, 5) is 2.55. The van der Waals surface area contributed by atoms with Crippen LogP contribution in [0.1, 0.15) is 31.1 Å². The maximum absolute atomic E-state index is 5.69. The highest BCUT2D eigenvalue weighted by atomic mass is 16.3. The van der Waals surface area contributed by atoms with Gasteiger partial charge in [0.25, 0.3) is 0 Å². The summed E-state index contributed by atoms with van der Waals surface area (Å²) >= 11 is 0. The zero-order valence-corrected chi connectivity index (χ0v) is 13.6.